The quantitative estimate of drug-likeness (QED) is 0.689. The number of aromatic amines is 1. The molecule has 2 aliphatic rings. The average molecular weight is 404 g/mol. The Kier molecular flexibility index (Phi) is 4.53. The van der Waals surface area contributed by atoms with E-state index >= 15 is 0 Å². The van der Waals surface area contributed by atoms with Gasteiger partial charge >= 0.3 is 0 Å². The van der Waals surface area contributed by atoms with Gasteiger partial charge in [-0.1, -0.05) is 0 Å². The Morgan fingerprint density at radius 3 is 2.90 bits per heavy atom. The molecular weight excluding hydrogens is 382 g/mol. The van der Waals surface area contributed by atoms with Gasteiger partial charge in [-0.2, -0.15) is 14.6 Å². The summed E-state index contributed by atoms with van der Waals surface area (Å²) in [5, 5.41) is 14.5. The summed E-state index contributed by atoms with van der Waals surface area (Å²) < 4.78 is 35.3. The number of halogens is 2. The number of nitrogens with one attached hydrogen (secondary N) is 2. The molecule has 29 heavy (non-hydrogen) atoms. The lowest BCUT2D eigenvalue weighted by Crippen LogP contribution is -2.43. The van der Waals surface area contributed by atoms with Crippen LogP contribution in [0, 0.1) is 0 Å². The first-order valence-corrected chi connectivity index (χ1v) is 9.81. The number of H-pyrrole nitrogens is 1. The molecule has 0 aliphatic carbocycles. The number of hydrogen-bond acceptors (Lipinski definition) is 7. The Hall–Kier alpha value is -2.82. The molecule has 9 nitrogen and oxygen atoms in total. The van der Waals surface area contributed by atoms with E-state index in [0.29, 0.717) is 49.2 Å². The van der Waals surface area contributed by atoms with Crippen molar-refractivity contribution in [3.63, 3.8) is 0 Å². The van der Waals surface area contributed by atoms with Gasteiger partial charge in [-0.25, -0.2) is 13.8 Å². The molecule has 3 aromatic rings. The molecule has 0 amide bonds. The van der Waals surface area contributed by atoms with Crippen molar-refractivity contribution >= 4 is 17.3 Å². The fourth-order valence-electron chi connectivity index (χ4n) is 3.97. The minimum atomic E-state index is -2.75. The Morgan fingerprint density at radius 2 is 2.14 bits per heavy atom. The first-order valence-electron chi connectivity index (χ1n) is 9.81. The fraction of sp³-hybridized carbons (Fsp3) is 0.556. The van der Waals surface area contributed by atoms with Crippen LogP contribution in [0.5, 0.6) is 0 Å². The van der Waals surface area contributed by atoms with E-state index in [0.717, 1.165) is 18.4 Å². The molecule has 0 unspecified atom stereocenters. The number of piperidine rings is 1. The van der Waals surface area contributed by atoms with Gasteiger partial charge in [0.15, 0.2) is 5.65 Å². The average Bonchev–Trinajstić information content (AvgIpc) is 3.36. The van der Waals surface area contributed by atoms with Crippen molar-refractivity contribution in [3.8, 4) is 11.3 Å². The summed E-state index contributed by atoms with van der Waals surface area (Å²) in [6.45, 7) is 1.54. The third-order valence-corrected chi connectivity index (χ3v) is 5.40. The zero-order chi connectivity index (χ0) is 19.8. The van der Waals surface area contributed by atoms with Crippen molar-refractivity contribution in [1.82, 2.24) is 29.8 Å². The van der Waals surface area contributed by atoms with Crippen LogP contribution < -0.4 is 10.2 Å². The van der Waals surface area contributed by atoms with Gasteiger partial charge in [0.25, 0.3) is 5.92 Å². The van der Waals surface area contributed by atoms with Gasteiger partial charge in [-0.3, -0.25) is 5.10 Å². The van der Waals surface area contributed by atoms with E-state index in [1.54, 1.807) is 28.1 Å². The van der Waals surface area contributed by atoms with Crippen molar-refractivity contribution < 1.29 is 13.5 Å². The predicted molar refractivity (Wildman–Crippen MR) is 102 cm³/mol. The normalized spacial score (nSPS) is 20.3. The summed E-state index contributed by atoms with van der Waals surface area (Å²) in [5.41, 5.74) is 2.34. The molecule has 2 N–H and O–H groups in total. The summed E-state index contributed by atoms with van der Waals surface area (Å²) >= 11 is 0. The zero-order valence-corrected chi connectivity index (χ0v) is 15.8. The predicted octanol–water partition coefficient (Wildman–Crippen LogP) is 2.34. The molecule has 11 heteroatoms. The highest BCUT2D eigenvalue weighted by atomic mass is 19.3. The maximum absolute atomic E-state index is 14.2. The smallest absolute Gasteiger partial charge is 0.265 e. The minimum absolute atomic E-state index is 0.107. The highest BCUT2D eigenvalue weighted by molar-refractivity contribution is 5.85. The van der Waals surface area contributed by atoms with Crippen LogP contribution in [0.1, 0.15) is 25.7 Å². The largest absolute Gasteiger partial charge is 0.381 e. The molecule has 0 atom stereocenters. The first kappa shape index (κ1) is 18.2. The van der Waals surface area contributed by atoms with Crippen LogP contribution >= 0.6 is 0 Å². The summed E-state index contributed by atoms with van der Waals surface area (Å²) in [5.74, 6) is -2.28. The van der Waals surface area contributed by atoms with Crippen LogP contribution in [0.4, 0.5) is 20.4 Å². The molecule has 2 saturated heterocycles. The summed E-state index contributed by atoms with van der Waals surface area (Å²) in [6, 6.07) is 0.227. The Balaban J connectivity index is 1.57. The van der Waals surface area contributed by atoms with E-state index in [1.165, 1.54) is 0 Å². The highest BCUT2D eigenvalue weighted by Gasteiger charge is 2.37. The van der Waals surface area contributed by atoms with Crippen LogP contribution in [-0.2, 0) is 4.74 Å². The lowest BCUT2D eigenvalue weighted by atomic mass is 10.1. The molecule has 0 aromatic carbocycles. The number of anilines is 2. The van der Waals surface area contributed by atoms with E-state index in [1.807, 2.05) is 0 Å². The molecule has 5 heterocycles. The second-order valence-electron chi connectivity index (χ2n) is 7.54. The number of ether oxygens (including phenoxy) is 1. The van der Waals surface area contributed by atoms with Crippen molar-refractivity contribution in [1.29, 1.82) is 0 Å². The molecule has 0 radical (unpaired) electrons. The molecule has 3 aromatic heterocycles. The van der Waals surface area contributed by atoms with E-state index in [-0.39, 0.29) is 19.0 Å². The number of alkyl halides is 2. The SMILES string of the molecule is FC1(F)CCCN(c2c(-c3cn[nH]c3)ncn3nc(NC4CCOCC4)nc23)C1. The molecule has 0 saturated carbocycles. The molecule has 5 rings (SSSR count). The Bertz CT molecular complexity index is 983. The van der Waals surface area contributed by atoms with Crippen molar-refractivity contribution in [2.24, 2.45) is 0 Å². The molecule has 0 bridgehead atoms. The zero-order valence-electron chi connectivity index (χ0n) is 15.8. The second-order valence-corrected chi connectivity index (χ2v) is 7.54. The standard InChI is InChI=1S/C18H22F2N8O/c19-18(20)4-1-5-27(10-18)15-14(12-8-22-23-9-12)21-11-28-16(15)25-17(26-28)24-13-2-6-29-7-3-13/h8-9,11,13H,1-7,10H2,(H,22,23)(H,24,26). The number of rotatable bonds is 4. The van der Waals surface area contributed by atoms with E-state index in [4.69, 9.17) is 4.74 Å². The summed E-state index contributed by atoms with van der Waals surface area (Å²) in [7, 11) is 0. The van der Waals surface area contributed by atoms with Crippen molar-refractivity contribution in [2.75, 3.05) is 36.5 Å². The van der Waals surface area contributed by atoms with Crippen LogP contribution in [-0.4, -0.2) is 68.0 Å². The third-order valence-electron chi connectivity index (χ3n) is 5.40. The van der Waals surface area contributed by atoms with Gasteiger partial charge in [0, 0.05) is 44.0 Å². The maximum Gasteiger partial charge on any atom is 0.265 e. The number of aromatic nitrogens is 6. The maximum atomic E-state index is 14.2. The molecular formula is C18H22F2N8O. The molecule has 2 fully saturated rings. The van der Waals surface area contributed by atoms with Gasteiger partial charge in [0.05, 0.1) is 12.7 Å². The topological polar surface area (TPSA) is 96.3 Å². The second kappa shape index (κ2) is 7.21. The lowest BCUT2D eigenvalue weighted by Gasteiger charge is -2.34. The van der Waals surface area contributed by atoms with Crippen LogP contribution in [0.2, 0.25) is 0 Å². The summed E-state index contributed by atoms with van der Waals surface area (Å²) in [4.78, 5) is 10.8. The number of nitrogens with zero attached hydrogens (tertiary/aromatic N) is 6. The number of hydrogen-bond donors (Lipinski definition) is 2. The highest BCUT2D eigenvalue weighted by Crippen LogP contribution is 2.37. The Morgan fingerprint density at radius 1 is 1.28 bits per heavy atom. The van der Waals surface area contributed by atoms with Crippen molar-refractivity contribution in [2.45, 2.75) is 37.6 Å². The minimum Gasteiger partial charge on any atom is -0.381 e. The molecule has 0 spiro atoms. The van der Waals surface area contributed by atoms with Crippen LogP contribution in [0.25, 0.3) is 16.9 Å². The third kappa shape index (κ3) is 3.61. The van der Waals surface area contributed by atoms with Gasteiger partial charge in [-0.05, 0) is 19.3 Å². The van der Waals surface area contributed by atoms with Gasteiger partial charge in [-0.15, -0.1) is 5.10 Å². The van der Waals surface area contributed by atoms with E-state index in [2.05, 4.69) is 30.6 Å². The van der Waals surface area contributed by atoms with Gasteiger partial charge in [0.1, 0.15) is 17.7 Å². The van der Waals surface area contributed by atoms with Crippen LogP contribution in [0.3, 0.4) is 0 Å². The molecule has 154 valence electrons. The van der Waals surface area contributed by atoms with Gasteiger partial charge < -0.3 is 15.0 Å². The van der Waals surface area contributed by atoms with E-state index < -0.39 is 5.92 Å². The van der Waals surface area contributed by atoms with Crippen LogP contribution in [0.15, 0.2) is 18.7 Å². The summed E-state index contributed by atoms with van der Waals surface area (Å²) in [6.07, 6.45) is 6.93. The van der Waals surface area contributed by atoms with E-state index in [9.17, 15) is 8.78 Å². The monoisotopic (exact) mass is 404 g/mol. The number of fused-ring (bicyclic) bond motifs is 1. The van der Waals surface area contributed by atoms with Gasteiger partial charge in [0.2, 0.25) is 5.95 Å². The van der Waals surface area contributed by atoms with Crippen molar-refractivity contribution in [3.05, 3.63) is 18.7 Å². The molecule has 2 aliphatic heterocycles. The first-order chi connectivity index (χ1) is 14.1. The Labute approximate surface area is 165 Å². The lowest BCUT2D eigenvalue weighted by molar-refractivity contribution is -0.0116. The fourth-order valence-corrected chi connectivity index (χ4v) is 3.97.